The van der Waals surface area contributed by atoms with E-state index in [0.29, 0.717) is 4.57 Å². The zero-order chi connectivity index (χ0) is 25.0. The number of aliphatic hydroxyl groups is 1. The summed E-state index contributed by atoms with van der Waals surface area (Å²) in [5.41, 5.74) is -3.74. The third-order valence-electron chi connectivity index (χ3n) is 5.39. The molecule has 11 nitrogen and oxygen atoms in total. The maximum atomic E-state index is 12.7. The summed E-state index contributed by atoms with van der Waals surface area (Å²) >= 11 is 0. The SMILES string of the molecule is N#C[C@@]1(n2ccc(=O)[nH]c2=O)O[C@H](COC(=O)c2ccccc2)[C@@H](OC(=O)c2ccccc2)C1O. The summed E-state index contributed by atoms with van der Waals surface area (Å²) in [5.74, 6) is -1.55. The number of hydrogen-bond acceptors (Lipinski definition) is 9. The predicted molar refractivity (Wildman–Crippen MR) is 118 cm³/mol. The Kier molecular flexibility index (Phi) is 6.59. The summed E-state index contributed by atoms with van der Waals surface area (Å²) in [6.07, 6.45) is -3.75. The van der Waals surface area contributed by atoms with Gasteiger partial charge < -0.3 is 19.3 Å². The molecule has 3 aromatic rings. The van der Waals surface area contributed by atoms with Gasteiger partial charge in [-0.15, -0.1) is 0 Å². The normalized spacial score (nSPS) is 23.3. The molecule has 4 rings (SSSR count). The largest absolute Gasteiger partial charge is 0.459 e. The summed E-state index contributed by atoms with van der Waals surface area (Å²) in [5, 5.41) is 21.0. The van der Waals surface area contributed by atoms with E-state index in [1.807, 2.05) is 4.98 Å². The summed E-state index contributed by atoms with van der Waals surface area (Å²) in [4.78, 5) is 51.0. The number of nitrogens with zero attached hydrogens (tertiary/aromatic N) is 2. The van der Waals surface area contributed by atoms with Gasteiger partial charge in [0.15, 0.2) is 12.2 Å². The zero-order valence-corrected chi connectivity index (χ0v) is 18.1. The molecule has 2 N–H and O–H groups in total. The first-order chi connectivity index (χ1) is 16.9. The topological polar surface area (TPSA) is 161 Å². The van der Waals surface area contributed by atoms with Crippen LogP contribution in [0.15, 0.2) is 82.5 Å². The fraction of sp³-hybridized carbons (Fsp3) is 0.208. The van der Waals surface area contributed by atoms with Crippen LogP contribution >= 0.6 is 0 Å². The number of aromatic amines is 1. The van der Waals surface area contributed by atoms with Gasteiger partial charge in [0.25, 0.3) is 11.3 Å². The Bertz CT molecular complexity index is 1380. The lowest BCUT2D eigenvalue weighted by Crippen LogP contribution is -2.51. The number of aliphatic hydroxyl groups excluding tert-OH is 1. The number of ether oxygens (including phenoxy) is 3. The van der Waals surface area contributed by atoms with Crippen LogP contribution in [-0.4, -0.2) is 51.5 Å². The van der Waals surface area contributed by atoms with E-state index < -0.39 is 53.8 Å². The molecule has 1 fully saturated rings. The van der Waals surface area contributed by atoms with Gasteiger partial charge in [-0.25, -0.2) is 14.4 Å². The van der Waals surface area contributed by atoms with Crippen molar-refractivity contribution in [2.75, 3.05) is 6.61 Å². The van der Waals surface area contributed by atoms with Gasteiger partial charge in [0.2, 0.25) is 0 Å². The zero-order valence-electron chi connectivity index (χ0n) is 18.1. The van der Waals surface area contributed by atoms with Crippen LogP contribution in [0.5, 0.6) is 0 Å². The Balaban J connectivity index is 1.66. The number of rotatable bonds is 6. The van der Waals surface area contributed by atoms with E-state index in [1.54, 1.807) is 42.5 Å². The first kappa shape index (κ1) is 23.6. The van der Waals surface area contributed by atoms with Crippen molar-refractivity contribution in [3.63, 3.8) is 0 Å². The fourth-order valence-electron chi connectivity index (χ4n) is 3.67. The number of hydrogen-bond donors (Lipinski definition) is 2. The van der Waals surface area contributed by atoms with Crippen molar-refractivity contribution in [3.8, 4) is 6.07 Å². The molecule has 0 saturated carbocycles. The minimum atomic E-state index is -2.38. The Hall–Kier alpha value is -4.53. The van der Waals surface area contributed by atoms with Crippen molar-refractivity contribution in [2.45, 2.75) is 24.0 Å². The summed E-state index contributed by atoms with van der Waals surface area (Å²) in [6.45, 7) is -0.515. The van der Waals surface area contributed by atoms with Crippen molar-refractivity contribution in [1.29, 1.82) is 5.26 Å². The van der Waals surface area contributed by atoms with Crippen LogP contribution in [0.4, 0.5) is 0 Å². The molecule has 0 amide bonds. The number of aromatic nitrogens is 2. The molecule has 1 aliphatic heterocycles. The highest BCUT2D eigenvalue weighted by Crippen LogP contribution is 2.36. The van der Waals surface area contributed by atoms with E-state index >= 15 is 0 Å². The van der Waals surface area contributed by atoms with E-state index in [2.05, 4.69) is 0 Å². The molecule has 35 heavy (non-hydrogen) atoms. The standard InChI is InChI=1S/C24H19N3O8/c25-14-24(27-12-11-18(28)26-23(27)32)20(29)19(34-22(31)16-9-5-2-6-10-16)17(35-24)13-33-21(30)15-7-3-1-4-8-15/h1-12,17,19-20,29H,13H2,(H,26,28,32)/t17-,19-,20?,24-/m1/s1. The van der Waals surface area contributed by atoms with Crippen molar-refractivity contribution < 1.29 is 28.9 Å². The van der Waals surface area contributed by atoms with Crippen molar-refractivity contribution in [3.05, 3.63) is 105 Å². The van der Waals surface area contributed by atoms with Crippen LogP contribution in [0.2, 0.25) is 0 Å². The van der Waals surface area contributed by atoms with E-state index in [4.69, 9.17) is 14.2 Å². The third-order valence-corrected chi connectivity index (χ3v) is 5.39. The lowest BCUT2D eigenvalue weighted by atomic mass is 10.0. The molecule has 0 radical (unpaired) electrons. The number of nitriles is 1. The van der Waals surface area contributed by atoms with Crippen molar-refractivity contribution in [2.24, 2.45) is 0 Å². The Labute approximate surface area is 197 Å². The molecule has 1 unspecified atom stereocenters. The molecule has 2 aromatic carbocycles. The quantitative estimate of drug-likeness (QED) is 0.483. The van der Waals surface area contributed by atoms with Crippen molar-refractivity contribution in [1.82, 2.24) is 9.55 Å². The Morgan fingerprint density at radius 3 is 2.20 bits per heavy atom. The highest BCUT2D eigenvalue weighted by molar-refractivity contribution is 5.90. The van der Waals surface area contributed by atoms with Gasteiger partial charge >= 0.3 is 17.6 Å². The van der Waals surface area contributed by atoms with E-state index in [9.17, 15) is 29.5 Å². The average Bonchev–Trinajstić information content (AvgIpc) is 3.14. The van der Waals surface area contributed by atoms with Gasteiger partial charge in [0, 0.05) is 12.3 Å². The lowest BCUT2D eigenvalue weighted by molar-refractivity contribution is -0.110. The number of carbonyl (C=O) groups excluding carboxylic acids is 2. The van der Waals surface area contributed by atoms with Gasteiger partial charge in [-0.1, -0.05) is 36.4 Å². The maximum absolute atomic E-state index is 12.7. The van der Waals surface area contributed by atoms with Gasteiger partial charge in [0.05, 0.1) is 11.1 Å². The number of nitrogens with one attached hydrogen (secondary N) is 1. The average molecular weight is 477 g/mol. The highest BCUT2D eigenvalue weighted by atomic mass is 16.6. The van der Waals surface area contributed by atoms with Gasteiger partial charge in [-0.3, -0.25) is 14.3 Å². The smallest absolute Gasteiger partial charge is 0.338 e. The van der Waals surface area contributed by atoms with Crippen molar-refractivity contribution >= 4 is 11.9 Å². The first-order valence-corrected chi connectivity index (χ1v) is 10.4. The third kappa shape index (κ3) is 4.61. The van der Waals surface area contributed by atoms with Crippen LogP contribution in [0, 0.1) is 11.3 Å². The van der Waals surface area contributed by atoms with E-state index in [1.165, 1.54) is 24.3 Å². The first-order valence-electron chi connectivity index (χ1n) is 10.4. The molecule has 0 aliphatic carbocycles. The predicted octanol–water partition coefficient (Wildman–Crippen LogP) is 0.555. The van der Waals surface area contributed by atoms with Crippen LogP contribution in [0.3, 0.4) is 0 Å². The molecular weight excluding hydrogens is 458 g/mol. The molecule has 1 saturated heterocycles. The second-order valence-corrected chi connectivity index (χ2v) is 7.59. The van der Waals surface area contributed by atoms with Crippen LogP contribution in [-0.2, 0) is 19.9 Å². The molecule has 11 heteroatoms. The van der Waals surface area contributed by atoms with E-state index in [0.717, 1.165) is 12.3 Å². The summed E-state index contributed by atoms with van der Waals surface area (Å²) < 4.78 is 17.1. The highest BCUT2D eigenvalue weighted by Gasteiger charge is 2.59. The molecule has 2 heterocycles. The van der Waals surface area contributed by atoms with E-state index in [-0.39, 0.29) is 11.1 Å². The summed E-state index contributed by atoms with van der Waals surface area (Å²) in [6, 6.07) is 18.6. The Morgan fingerprint density at radius 1 is 1.03 bits per heavy atom. The molecule has 1 aromatic heterocycles. The van der Waals surface area contributed by atoms with Gasteiger partial charge in [-0.2, -0.15) is 5.26 Å². The van der Waals surface area contributed by atoms with Gasteiger partial charge in [-0.05, 0) is 24.3 Å². The minimum Gasteiger partial charge on any atom is -0.459 e. The molecule has 0 spiro atoms. The second-order valence-electron chi connectivity index (χ2n) is 7.59. The summed E-state index contributed by atoms with van der Waals surface area (Å²) in [7, 11) is 0. The Morgan fingerprint density at radius 2 is 1.63 bits per heavy atom. The second kappa shape index (κ2) is 9.76. The molecule has 178 valence electrons. The minimum absolute atomic E-state index is 0.162. The molecule has 0 bridgehead atoms. The number of H-pyrrole nitrogens is 1. The number of esters is 2. The van der Waals surface area contributed by atoms with Crippen LogP contribution < -0.4 is 11.2 Å². The number of benzene rings is 2. The fourth-order valence-corrected chi connectivity index (χ4v) is 3.67. The molecule has 1 aliphatic rings. The number of carbonyl (C=O) groups is 2. The van der Waals surface area contributed by atoms with Gasteiger partial charge in [0.1, 0.15) is 18.8 Å². The molecule has 4 atom stereocenters. The van der Waals surface area contributed by atoms with Crippen LogP contribution in [0.1, 0.15) is 20.7 Å². The molecular formula is C24H19N3O8. The monoisotopic (exact) mass is 477 g/mol. The maximum Gasteiger partial charge on any atom is 0.338 e. The lowest BCUT2D eigenvalue weighted by Gasteiger charge is -2.26. The van der Waals surface area contributed by atoms with Crippen LogP contribution in [0.25, 0.3) is 0 Å².